The first-order valence-corrected chi connectivity index (χ1v) is 7.08. The third kappa shape index (κ3) is 2.08. The van der Waals surface area contributed by atoms with Crippen LogP contribution in [0, 0.1) is 0 Å². The van der Waals surface area contributed by atoms with Crippen LogP contribution in [0.25, 0.3) is 33.3 Å². The van der Waals surface area contributed by atoms with E-state index < -0.39 is 5.91 Å². The second kappa shape index (κ2) is 4.96. The summed E-state index contributed by atoms with van der Waals surface area (Å²) < 4.78 is 5.57. The molecule has 1 aromatic carbocycles. The fourth-order valence-corrected chi connectivity index (χ4v) is 2.74. The van der Waals surface area contributed by atoms with E-state index in [2.05, 4.69) is 9.97 Å². The van der Waals surface area contributed by atoms with Gasteiger partial charge in [-0.1, -0.05) is 18.2 Å². The number of rotatable bonds is 3. The highest BCUT2D eigenvalue weighted by Crippen LogP contribution is 2.33. The van der Waals surface area contributed by atoms with E-state index in [9.17, 15) is 9.90 Å². The fourth-order valence-electron chi connectivity index (χ4n) is 2.74. The molecule has 1 amide bonds. The van der Waals surface area contributed by atoms with Crippen LogP contribution in [0.3, 0.4) is 0 Å². The number of carbonyl (C=O) groups excluding carboxylic acids is 1. The molecule has 0 fully saturated rings. The molecule has 3 aromatic heterocycles. The molecule has 6 heteroatoms. The fraction of sp³-hybridized carbons (Fsp3) is 0.0588. The molecule has 3 heterocycles. The van der Waals surface area contributed by atoms with Crippen LogP contribution in [0.15, 0.2) is 46.9 Å². The van der Waals surface area contributed by atoms with Crippen molar-refractivity contribution < 1.29 is 14.3 Å². The van der Waals surface area contributed by atoms with E-state index in [0.717, 1.165) is 21.8 Å². The highest BCUT2D eigenvalue weighted by molar-refractivity contribution is 6.12. The third-order valence-corrected chi connectivity index (χ3v) is 3.80. The number of fused-ring (bicyclic) bond motifs is 3. The van der Waals surface area contributed by atoms with Crippen molar-refractivity contribution in [2.75, 3.05) is 0 Å². The first-order chi connectivity index (χ1) is 11.2. The van der Waals surface area contributed by atoms with Gasteiger partial charge in [-0.05, 0) is 24.3 Å². The number of carbonyl (C=O) groups is 1. The molecule has 0 saturated carbocycles. The number of aliphatic hydroxyl groups is 1. The Balaban J connectivity index is 2.10. The average molecular weight is 307 g/mol. The highest BCUT2D eigenvalue weighted by Gasteiger charge is 2.17. The quantitative estimate of drug-likeness (QED) is 0.541. The Hall–Kier alpha value is -3.12. The molecule has 0 saturated heterocycles. The number of para-hydroxylation sites is 1. The summed E-state index contributed by atoms with van der Waals surface area (Å²) in [6, 6.07) is 12.8. The van der Waals surface area contributed by atoms with Crippen LogP contribution >= 0.6 is 0 Å². The molecule has 0 atom stereocenters. The zero-order chi connectivity index (χ0) is 16.0. The maximum atomic E-state index is 11.6. The third-order valence-electron chi connectivity index (χ3n) is 3.80. The lowest BCUT2D eigenvalue weighted by atomic mass is 10.1. The van der Waals surface area contributed by atoms with E-state index in [1.54, 1.807) is 18.2 Å². The lowest BCUT2D eigenvalue weighted by molar-refractivity contribution is 0.0996. The number of aliphatic hydroxyl groups excluding tert-OH is 1. The molecule has 0 aliphatic rings. The second-order valence-electron chi connectivity index (χ2n) is 5.24. The number of nitrogens with two attached hydrogens (primary N) is 1. The Morgan fingerprint density at radius 1 is 1.22 bits per heavy atom. The first-order valence-electron chi connectivity index (χ1n) is 7.08. The van der Waals surface area contributed by atoms with Gasteiger partial charge in [0.05, 0.1) is 5.52 Å². The molecule has 6 nitrogen and oxygen atoms in total. The molecular weight excluding hydrogens is 294 g/mol. The largest absolute Gasteiger partial charge is 0.457 e. The van der Waals surface area contributed by atoms with Crippen LogP contribution < -0.4 is 5.73 Å². The van der Waals surface area contributed by atoms with E-state index in [0.29, 0.717) is 17.2 Å². The number of aromatic amines is 1. The van der Waals surface area contributed by atoms with Crippen molar-refractivity contribution >= 4 is 27.7 Å². The number of primary amides is 1. The molecule has 4 N–H and O–H groups in total. The van der Waals surface area contributed by atoms with E-state index in [1.165, 1.54) is 0 Å². The van der Waals surface area contributed by atoms with Gasteiger partial charge in [-0.3, -0.25) is 4.79 Å². The predicted octanol–water partition coefficient (Wildman–Crippen LogP) is 2.57. The topological polar surface area (TPSA) is 105 Å². The Kier molecular flexibility index (Phi) is 2.92. The van der Waals surface area contributed by atoms with Gasteiger partial charge in [-0.15, -0.1) is 0 Å². The molecular formula is C17H13N3O3. The number of furan rings is 1. The van der Waals surface area contributed by atoms with Gasteiger partial charge in [0, 0.05) is 16.3 Å². The standard InChI is InChI=1S/C17H13N3O3/c18-17(22)13-7-11-10-3-1-2-4-12(10)19-15(11)16(20-13)14-6-5-9(8-21)23-14/h1-7,19,21H,8H2,(H2,18,22). The van der Waals surface area contributed by atoms with Crippen molar-refractivity contribution in [3.05, 3.63) is 53.9 Å². The lowest BCUT2D eigenvalue weighted by Crippen LogP contribution is -2.13. The minimum Gasteiger partial charge on any atom is -0.457 e. The van der Waals surface area contributed by atoms with Crippen LogP contribution in [0.2, 0.25) is 0 Å². The summed E-state index contributed by atoms with van der Waals surface area (Å²) in [4.78, 5) is 19.3. The Labute approximate surface area is 130 Å². The predicted molar refractivity (Wildman–Crippen MR) is 85.7 cm³/mol. The number of nitrogens with zero attached hydrogens (tertiary/aromatic N) is 1. The molecule has 0 radical (unpaired) electrons. The number of amides is 1. The summed E-state index contributed by atoms with van der Waals surface area (Å²) in [7, 11) is 0. The number of H-pyrrole nitrogens is 1. The lowest BCUT2D eigenvalue weighted by Gasteiger charge is -2.03. The Morgan fingerprint density at radius 2 is 2.04 bits per heavy atom. The summed E-state index contributed by atoms with van der Waals surface area (Å²) in [6.45, 7) is -0.203. The molecule has 0 aliphatic heterocycles. The van der Waals surface area contributed by atoms with E-state index >= 15 is 0 Å². The van der Waals surface area contributed by atoms with Crippen LogP contribution in [-0.4, -0.2) is 21.0 Å². The minimum absolute atomic E-state index is 0.166. The van der Waals surface area contributed by atoms with Gasteiger partial charge >= 0.3 is 0 Å². The van der Waals surface area contributed by atoms with Crippen molar-refractivity contribution in [2.45, 2.75) is 6.61 Å². The summed E-state index contributed by atoms with van der Waals surface area (Å²) in [5.74, 6) is 0.289. The highest BCUT2D eigenvalue weighted by atomic mass is 16.4. The van der Waals surface area contributed by atoms with Crippen molar-refractivity contribution in [3.8, 4) is 11.5 Å². The Bertz CT molecular complexity index is 1050. The van der Waals surface area contributed by atoms with Gasteiger partial charge in [0.1, 0.15) is 23.8 Å². The van der Waals surface area contributed by atoms with Crippen molar-refractivity contribution in [3.63, 3.8) is 0 Å². The van der Waals surface area contributed by atoms with Crippen molar-refractivity contribution in [1.29, 1.82) is 0 Å². The number of hydrogen-bond acceptors (Lipinski definition) is 4. The summed E-state index contributed by atoms with van der Waals surface area (Å²) in [5.41, 5.74) is 7.76. The molecule has 4 aromatic rings. The molecule has 114 valence electrons. The van der Waals surface area contributed by atoms with Gasteiger partial charge < -0.3 is 20.2 Å². The molecule has 23 heavy (non-hydrogen) atoms. The molecule has 0 aliphatic carbocycles. The van der Waals surface area contributed by atoms with Crippen LogP contribution in [-0.2, 0) is 6.61 Å². The van der Waals surface area contributed by atoms with Crippen molar-refractivity contribution in [2.24, 2.45) is 5.73 Å². The van der Waals surface area contributed by atoms with Gasteiger partial charge in [-0.2, -0.15) is 0 Å². The van der Waals surface area contributed by atoms with Crippen LogP contribution in [0.1, 0.15) is 16.2 Å². The van der Waals surface area contributed by atoms with E-state index in [1.807, 2.05) is 24.3 Å². The molecule has 0 spiro atoms. The minimum atomic E-state index is -0.604. The molecule has 0 bridgehead atoms. The summed E-state index contributed by atoms with van der Waals surface area (Å²) in [5, 5.41) is 11.0. The van der Waals surface area contributed by atoms with Crippen LogP contribution in [0.5, 0.6) is 0 Å². The second-order valence-corrected chi connectivity index (χ2v) is 5.24. The maximum Gasteiger partial charge on any atom is 0.267 e. The number of nitrogens with one attached hydrogen (secondary N) is 1. The summed E-state index contributed by atoms with van der Waals surface area (Å²) in [6.07, 6.45) is 0. The number of hydrogen-bond donors (Lipinski definition) is 3. The van der Waals surface area contributed by atoms with Crippen LogP contribution in [0.4, 0.5) is 0 Å². The Morgan fingerprint density at radius 3 is 2.78 bits per heavy atom. The van der Waals surface area contributed by atoms with E-state index in [-0.39, 0.29) is 12.3 Å². The zero-order valence-electron chi connectivity index (χ0n) is 12.0. The monoisotopic (exact) mass is 307 g/mol. The van der Waals surface area contributed by atoms with E-state index in [4.69, 9.17) is 10.2 Å². The van der Waals surface area contributed by atoms with Gasteiger partial charge in [-0.25, -0.2) is 4.98 Å². The maximum absolute atomic E-state index is 11.6. The SMILES string of the molecule is NC(=O)c1cc2c([nH]c3ccccc32)c(-c2ccc(CO)o2)n1. The normalized spacial score (nSPS) is 11.3. The van der Waals surface area contributed by atoms with Gasteiger partial charge in [0.25, 0.3) is 5.91 Å². The average Bonchev–Trinajstić information content (AvgIpc) is 3.18. The number of pyridine rings is 1. The number of aromatic nitrogens is 2. The molecule has 4 rings (SSSR count). The van der Waals surface area contributed by atoms with Gasteiger partial charge in [0.15, 0.2) is 5.76 Å². The number of benzene rings is 1. The zero-order valence-corrected chi connectivity index (χ0v) is 12.0. The van der Waals surface area contributed by atoms with Gasteiger partial charge in [0.2, 0.25) is 0 Å². The van der Waals surface area contributed by atoms with Crippen molar-refractivity contribution in [1.82, 2.24) is 9.97 Å². The smallest absolute Gasteiger partial charge is 0.267 e. The molecule has 0 unspecified atom stereocenters. The first kappa shape index (κ1) is 13.5. The summed E-state index contributed by atoms with van der Waals surface area (Å²) >= 11 is 0.